The van der Waals surface area contributed by atoms with E-state index >= 15 is 0 Å². The number of alkyl halides is 3. The van der Waals surface area contributed by atoms with Crippen LogP contribution in [0.3, 0.4) is 0 Å². The molecule has 1 aliphatic carbocycles. The Kier molecular flexibility index (Phi) is 8.05. The molecule has 10 heteroatoms. The molecule has 0 spiro atoms. The molecule has 2 aliphatic heterocycles. The molecular weight excluding hydrogens is 579 g/mol. The number of fused-ring (bicyclic) bond motifs is 1. The Balaban J connectivity index is 1.29. The van der Waals surface area contributed by atoms with Crippen molar-refractivity contribution in [3.8, 4) is 11.3 Å². The molecule has 2 aromatic carbocycles. The predicted octanol–water partition coefficient (Wildman–Crippen LogP) is 6.03. The number of rotatable bonds is 7. The quantitative estimate of drug-likeness (QED) is 0.274. The van der Waals surface area contributed by atoms with Gasteiger partial charge in [-0.15, -0.1) is 0 Å². The second-order valence-corrected chi connectivity index (χ2v) is 12.3. The lowest BCUT2D eigenvalue weighted by Crippen LogP contribution is -2.48. The molecule has 1 amide bonds. The number of halogens is 3. The Hall–Kier alpha value is -3.86. The van der Waals surface area contributed by atoms with Gasteiger partial charge in [0.25, 0.3) is 5.91 Å². The zero-order valence-electron chi connectivity index (χ0n) is 25.0. The van der Waals surface area contributed by atoms with Crippen LogP contribution in [-0.4, -0.2) is 71.1 Å². The zero-order valence-corrected chi connectivity index (χ0v) is 25.0. The smallest absolute Gasteiger partial charge is 0.379 e. The first kappa shape index (κ1) is 29.8. The third kappa shape index (κ3) is 6.19. The molecule has 4 heterocycles. The second-order valence-electron chi connectivity index (χ2n) is 12.3. The molecule has 234 valence electrons. The highest BCUT2D eigenvalue weighted by atomic mass is 19.4. The number of nitrogens with one attached hydrogen (secondary N) is 1. The Labute approximate surface area is 260 Å². The zero-order chi connectivity index (χ0) is 31.0. The molecule has 1 saturated carbocycles. The minimum absolute atomic E-state index is 0.283. The molecule has 0 unspecified atom stereocenters. The summed E-state index contributed by atoms with van der Waals surface area (Å²) in [7, 11) is 0. The number of piperidine rings is 1. The van der Waals surface area contributed by atoms with E-state index in [2.05, 4.69) is 20.1 Å². The Morgan fingerprint density at radius 1 is 0.956 bits per heavy atom. The molecule has 2 aromatic heterocycles. The SMILES string of the molecule is O=C(NC1(c2ccccc2)CC1)c1c(CN2CCC(N3CCOCC3)CC2)c(-c2cccc(C(F)(F)F)c2)nc2cccnc12. The van der Waals surface area contributed by atoms with Gasteiger partial charge in [0.05, 0.1) is 41.1 Å². The summed E-state index contributed by atoms with van der Waals surface area (Å²) >= 11 is 0. The molecule has 3 aliphatic rings. The van der Waals surface area contributed by atoms with E-state index < -0.39 is 17.3 Å². The first-order chi connectivity index (χ1) is 21.8. The number of hydrogen-bond donors (Lipinski definition) is 1. The summed E-state index contributed by atoms with van der Waals surface area (Å²) in [5.74, 6) is -0.283. The highest BCUT2D eigenvalue weighted by Gasteiger charge is 2.46. The van der Waals surface area contributed by atoms with Gasteiger partial charge in [-0.2, -0.15) is 13.2 Å². The van der Waals surface area contributed by atoms with Crippen LogP contribution in [0.2, 0.25) is 0 Å². The second kappa shape index (κ2) is 12.2. The van der Waals surface area contributed by atoms with E-state index in [4.69, 9.17) is 9.72 Å². The molecule has 45 heavy (non-hydrogen) atoms. The fourth-order valence-corrected chi connectivity index (χ4v) is 6.87. The van der Waals surface area contributed by atoms with Crippen LogP contribution in [0.5, 0.6) is 0 Å². The van der Waals surface area contributed by atoms with Crippen molar-refractivity contribution in [2.45, 2.75) is 50.0 Å². The number of nitrogens with zero attached hydrogens (tertiary/aromatic N) is 4. The van der Waals surface area contributed by atoms with Crippen molar-refractivity contribution in [2.24, 2.45) is 0 Å². The van der Waals surface area contributed by atoms with Crippen molar-refractivity contribution in [1.82, 2.24) is 25.1 Å². The van der Waals surface area contributed by atoms with Crippen LogP contribution >= 0.6 is 0 Å². The number of amides is 1. The summed E-state index contributed by atoms with van der Waals surface area (Å²) in [6.07, 6.45) is 0.679. The van der Waals surface area contributed by atoms with Gasteiger partial charge in [-0.3, -0.25) is 19.6 Å². The van der Waals surface area contributed by atoms with E-state index in [0.717, 1.165) is 82.8 Å². The van der Waals surface area contributed by atoms with E-state index in [1.165, 1.54) is 6.07 Å². The van der Waals surface area contributed by atoms with Gasteiger partial charge in [-0.05, 0) is 68.6 Å². The highest BCUT2D eigenvalue weighted by molar-refractivity contribution is 6.08. The van der Waals surface area contributed by atoms with Gasteiger partial charge in [0.2, 0.25) is 0 Å². The average molecular weight is 616 g/mol. The maximum absolute atomic E-state index is 14.4. The number of likely N-dealkylation sites (tertiary alicyclic amines) is 1. The summed E-state index contributed by atoms with van der Waals surface area (Å²) in [6.45, 7) is 5.34. The predicted molar refractivity (Wildman–Crippen MR) is 165 cm³/mol. The lowest BCUT2D eigenvalue weighted by Gasteiger charge is -2.40. The molecule has 0 bridgehead atoms. The van der Waals surface area contributed by atoms with Gasteiger partial charge in [0, 0.05) is 43.0 Å². The maximum atomic E-state index is 14.4. The van der Waals surface area contributed by atoms with Crippen LogP contribution in [0.15, 0.2) is 72.9 Å². The monoisotopic (exact) mass is 615 g/mol. The number of aromatic nitrogens is 2. The third-order valence-corrected chi connectivity index (χ3v) is 9.46. The van der Waals surface area contributed by atoms with Crippen LogP contribution in [-0.2, 0) is 23.0 Å². The molecular formula is C35H36F3N5O2. The summed E-state index contributed by atoms with van der Waals surface area (Å²) in [4.78, 5) is 28.7. The number of carbonyl (C=O) groups is 1. The number of carbonyl (C=O) groups excluding carboxylic acids is 1. The van der Waals surface area contributed by atoms with E-state index in [0.29, 0.717) is 46.0 Å². The average Bonchev–Trinajstić information content (AvgIpc) is 3.85. The summed E-state index contributed by atoms with van der Waals surface area (Å²) in [5.41, 5.74) is 2.41. The number of pyridine rings is 2. The molecule has 2 saturated heterocycles. The molecule has 7 nitrogen and oxygen atoms in total. The van der Waals surface area contributed by atoms with Crippen molar-refractivity contribution in [3.63, 3.8) is 0 Å². The normalized spacial score (nSPS) is 19.4. The lowest BCUT2D eigenvalue weighted by atomic mass is 9.94. The molecule has 1 N–H and O–H groups in total. The van der Waals surface area contributed by atoms with Gasteiger partial charge >= 0.3 is 6.18 Å². The van der Waals surface area contributed by atoms with Crippen LogP contribution in [0.25, 0.3) is 22.3 Å². The first-order valence-electron chi connectivity index (χ1n) is 15.7. The number of hydrogen-bond acceptors (Lipinski definition) is 6. The molecule has 0 atom stereocenters. The number of morpholine rings is 1. The van der Waals surface area contributed by atoms with Crippen molar-refractivity contribution < 1.29 is 22.7 Å². The van der Waals surface area contributed by atoms with Crippen molar-refractivity contribution in [2.75, 3.05) is 39.4 Å². The number of benzene rings is 2. The first-order valence-corrected chi connectivity index (χ1v) is 15.7. The van der Waals surface area contributed by atoms with Gasteiger partial charge in [0.15, 0.2) is 0 Å². The van der Waals surface area contributed by atoms with Gasteiger partial charge in [0.1, 0.15) is 5.52 Å². The Morgan fingerprint density at radius 3 is 2.42 bits per heavy atom. The lowest BCUT2D eigenvalue weighted by molar-refractivity contribution is -0.137. The minimum Gasteiger partial charge on any atom is -0.379 e. The van der Waals surface area contributed by atoms with Crippen LogP contribution in [0.1, 0.15) is 52.7 Å². The van der Waals surface area contributed by atoms with E-state index in [1.807, 2.05) is 30.3 Å². The van der Waals surface area contributed by atoms with Gasteiger partial charge in [-0.25, -0.2) is 4.98 Å². The van der Waals surface area contributed by atoms with Crippen LogP contribution in [0.4, 0.5) is 13.2 Å². The van der Waals surface area contributed by atoms with E-state index in [1.54, 1.807) is 24.4 Å². The Bertz CT molecular complexity index is 1680. The van der Waals surface area contributed by atoms with Crippen LogP contribution < -0.4 is 5.32 Å². The van der Waals surface area contributed by atoms with E-state index in [9.17, 15) is 18.0 Å². The number of ether oxygens (including phenoxy) is 1. The third-order valence-electron chi connectivity index (χ3n) is 9.46. The Morgan fingerprint density at radius 2 is 1.71 bits per heavy atom. The van der Waals surface area contributed by atoms with Crippen LogP contribution in [0, 0.1) is 0 Å². The van der Waals surface area contributed by atoms with Crippen molar-refractivity contribution in [1.29, 1.82) is 0 Å². The van der Waals surface area contributed by atoms with Crippen molar-refractivity contribution >= 4 is 16.9 Å². The van der Waals surface area contributed by atoms with E-state index in [-0.39, 0.29) is 5.91 Å². The standard InChI is InChI=1S/C35H36F3N5O2/c36-35(37,38)26-9-4-6-24(22-26)31-28(23-42-16-11-27(12-17-42)43-18-20-45-21-19-43)30(32-29(40-31)10-5-15-39-32)33(44)41-34(13-14-34)25-7-2-1-3-8-25/h1-10,15,22,27H,11-14,16-21,23H2,(H,41,44). The summed E-state index contributed by atoms with van der Waals surface area (Å²) < 4.78 is 47.1. The largest absolute Gasteiger partial charge is 0.416 e. The minimum atomic E-state index is -4.51. The van der Waals surface area contributed by atoms with Crippen molar-refractivity contribution in [3.05, 3.63) is 95.2 Å². The van der Waals surface area contributed by atoms with Gasteiger partial charge in [-0.1, -0.05) is 42.5 Å². The topological polar surface area (TPSA) is 70.6 Å². The molecule has 3 fully saturated rings. The molecule has 0 radical (unpaired) electrons. The fraction of sp³-hybridized carbons (Fsp3) is 0.400. The molecule has 4 aromatic rings. The maximum Gasteiger partial charge on any atom is 0.416 e. The van der Waals surface area contributed by atoms with Gasteiger partial charge < -0.3 is 10.1 Å². The fourth-order valence-electron chi connectivity index (χ4n) is 6.87. The summed E-state index contributed by atoms with van der Waals surface area (Å²) in [6, 6.07) is 19.1. The highest BCUT2D eigenvalue weighted by Crippen LogP contribution is 2.46. The summed E-state index contributed by atoms with van der Waals surface area (Å²) in [5, 5.41) is 3.31. The molecule has 7 rings (SSSR count).